The normalized spacial score (nSPS) is 11.7. The predicted octanol–water partition coefficient (Wildman–Crippen LogP) is 6.58. The molecule has 35 heavy (non-hydrogen) atoms. The van der Waals surface area contributed by atoms with Crippen LogP contribution in [-0.4, -0.2) is 22.6 Å². The first-order valence-electron chi connectivity index (χ1n) is 12.9. The van der Waals surface area contributed by atoms with Crippen LogP contribution in [0.2, 0.25) is 0 Å². The van der Waals surface area contributed by atoms with Crippen LogP contribution in [0.25, 0.3) is 43.6 Å². The Morgan fingerprint density at radius 3 is 2.14 bits per heavy atom. The van der Waals surface area contributed by atoms with Crippen molar-refractivity contribution in [3.05, 3.63) is 75.0 Å². The van der Waals surface area contributed by atoms with Gasteiger partial charge >= 0.3 is 0 Å². The van der Waals surface area contributed by atoms with Crippen LogP contribution in [-0.2, 0) is 6.54 Å². The highest BCUT2D eigenvalue weighted by molar-refractivity contribution is 6.05. The van der Waals surface area contributed by atoms with Crippen molar-refractivity contribution in [2.24, 2.45) is 0 Å². The van der Waals surface area contributed by atoms with Crippen molar-refractivity contribution < 1.29 is 0 Å². The molecule has 0 aliphatic rings. The Bertz CT molecular complexity index is 1650. The van der Waals surface area contributed by atoms with Gasteiger partial charge in [0.05, 0.1) is 22.2 Å². The van der Waals surface area contributed by atoms with Crippen molar-refractivity contribution >= 4 is 49.3 Å². The number of nitrogens with zero attached hydrogens (tertiary/aromatic N) is 2. The number of benzene rings is 3. The summed E-state index contributed by atoms with van der Waals surface area (Å²) in [6.45, 7) is 9.17. The van der Waals surface area contributed by atoms with E-state index in [0.717, 1.165) is 66.4 Å². The number of hydrogen-bond donors (Lipinski definition) is 1. The smallest absolute Gasteiger partial charge is 0.197 e. The van der Waals surface area contributed by atoms with Gasteiger partial charge in [0.15, 0.2) is 10.9 Å². The standard InChI is InChI=1S/C30H33N3O2/c1-4-7-16-32(17-8-5-2)26-15-11-13-21-28(26)33(6-3)27-19-22-25(18-23(27)30(21)35)31-24-14-10-9-12-20(24)29(22)34/h9-15,18-19H,4-8,16-17H2,1-3H3,(H,31,34). The molecule has 2 aromatic heterocycles. The topological polar surface area (TPSA) is 58.1 Å². The van der Waals surface area contributed by atoms with Crippen molar-refractivity contribution in [3.63, 3.8) is 0 Å². The molecule has 0 spiro atoms. The summed E-state index contributed by atoms with van der Waals surface area (Å²) in [5.74, 6) is 0. The molecule has 0 saturated carbocycles. The van der Waals surface area contributed by atoms with E-state index in [9.17, 15) is 9.59 Å². The average Bonchev–Trinajstić information content (AvgIpc) is 2.89. The zero-order valence-electron chi connectivity index (χ0n) is 20.9. The average molecular weight is 468 g/mol. The second kappa shape index (κ2) is 9.57. The lowest BCUT2D eigenvalue weighted by molar-refractivity contribution is 0.677. The second-order valence-electron chi connectivity index (χ2n) is 9.36. The van der Waals surface area contributed by atoms with Gasteiger partial charge in [-0.2, -0.15) is 0 Å². The van der Waals surface area contributed by atoms with E-state index in [1.807, 2.05) is 48.5 Å². The molecule has 5 aromatic rings. The highest BCUT2D eigenvalue weighted by Gasteiger charge is 2.18. The molecule has 2 heterocycles. The van der Waals surface area contributed by atoms with E-state index in [4.69, 9.17) is 0 Å². The molecule has 0 aliphatic heterocycles. The lowest BCUT2D eigenvalue weighted by Crippen LogP contribution is -2.27. The van der Waals surface area contributed by atoms with Gasteiger partial charge in [0.25, 0.3) is 0 Å². The highest BCUT2D eigenvalue weighted by Crippen LogP contribution is 2.31. The third kappa shape index (κ3) is 3.89. The molecule has 0 bridgehead atoms. The van der Waals surface area contributed by atoms with E-state index in [2.05, 4.69) is 41.3 Å². The maximum atomic E-state index is 13.8. The monoisotopic (exact) mass is 467 g/mol. The van der Waals surface area contributed by atoms with Crippen molar-refractivity contribution in [1.29, 1.82) is 0 Å². The lowest BCUT2D eigenvalue weighted by atomic mass is 10.0. The van der Waals surface area contributed by atoms with Gasteiger partial charge in [-0.25, -0.2) is 0 Å². The number of aromatic amines is 1. The van der Waals surface area contributed by atoms with Crippen LogP contribution in [0.15, 0.2) is 64.2 Å². The van der Waals surface area contributed by atoms with Crippen LogP contribution in [0.4, 0.5) is 5.69 Å². The summed E-state index contributed by atoms with van der Waals surface area (Å²) in [5, 5.41) is 2.65. The van der Waals surface area contributed by atoms with Gasteiger partial charge in [0.2, 0.25) is 0 Å². The van der Waals surface area contributed by atoms with Crippen LogP contribution < -0.4 is 15.8 Å². The number of aromatic nitrogens is 2. The van der Waals surface area contributed by atoms with Gasteiger partial charge < -0.3 is 14.5 Å². The highest BCUT2D eigenvalue weighted by atomic mass is 16.1. The van der Waals surface area contributed by atoms with Crippen LogP contribution in [0.3, 0.4) is 0 Å². The molecule has 180 valence electrons. The maximum Gasteiger partial charge on any atom is 0.197 e. The fraction of sp³-hybridized carbons (Fsp3) is 0.333. The van der Waals surface area contributed by atoms with Crippen molar-refractivity contribution in [3.8, 4) is 0 Å². The van der Waals surface area contributed by atoms with E-state index in [0.29, 0.717) is 28.2 Å². The van der Waals surface area contributed by atoms with Gasteiger partial charge in [-0.15, -0.1) is 0 Å². The van der Waals surface area contributed by atoms with E-state index in [1.165, 1.54) is 0 Å². The predicted molar refractivity (Wildman–Crippen MR) is 149 cm³/mol. The number of H-pyrrole nitrogens is 1. The first kappa shape index (κ1) is 23.2. The number of para-hydroxylation sites is 2. The quantitative estimate of drug-likeness (QED) is 0.262. The van der Waals surface area contributed by atoms with Gasteiger partial charge in [-0.05, 0) is 56.2 Å². The molecule has 0 fully saturated rings. The minimum absolute atomic E-state index is 0.00717. The van der Waals surface area contributed by atoms with Crippen molar-refractivity contribution in [1.82, 2.24) is 9.55 Å². The van der Waals surface area contributed by atoms with E-state index in [-0.39, 0.29) is 10.9 Å². The Hall–Kier alpha value is -3.60. The van der Waals surface area contributed by atoms with Crippen LogP contribution in [0.1, 0.15) is 46.5 Å². The van der Waals surface area contributed by atoms with Crippen molar-refractivity contribution in [2.45, 2.75) is 53.0 Å². The third-order valence-electron chi connectivity index (χ3n) is 7.11. The van der Waals surface area contributed by atoms with E-state index in [1.54, 1.807) is 0 Å². The van der Waals surface area contributed by atoms with Crippen LogP contribution in [0.5, 0.6) is 0 Å². The van der Waals surface area contributed by atoms with E-state index >= 15 is 0 Å². The molecule has 0 amide bonds. The van der Waals surface area contributed by atoms with Crippen LogP contribution in [0, 0.1) is 0 Å². The Balaban J connectivity index is 1.87. The number of anilines is 1. The SMILES string of the molecule is CCCCN(CCCC)c1cccc2c(=O)c3cc4[nH]c5ccccc5c(=O)c4cc3n(CC)c12. The van der Waals surface area contributed by atoms with Gasteiger partial charge in [-0.1, -0.05) is 44.9 Å². The molecule has 0 aliphatic carbocycles. The molecular weight excluding hydrogens is 434 g/mol. The first-order valence-corrected chi connectivity index (χ1v) is 12.9. The fourth-order valence-corrected chi connectivity index (χ4v) is 5.26. The molecular formula is C30H33N3O2. The number of nitrogens with one attached hydrogen (secondary N) is 1. The zero-order chi connectivity index (χ0) is 24.5. The Labute approximate surface area is 205 Å². The minimum Gasteiger partial charge on any atom is -0.370 e. The summed E-state index contributed by atoms with van der Waals surface area (Å²) < 4.78 is 2.22. The molecule has 3 aromatic carbocycles. The minimum atomic E-state index is -0.00717. The molecule has 5 heteroatoms. The number of aryl methyl sites for hydroxylation is 1. The number of hydrogen-bond acceptors (Lipinski definition) is 3. The number of rotatable bonds is 8. The Morgan fingerprint density at radius 1 is 0.743 bits per heavy atom. The molecule has 0 saturated heterocycles. The van der Waals surface area contributed by atoms with Crippen LogP contribution >= 0.6 is 0 Å². The summed E-state index contributed by atoms with van der Waals surface area (Å²) >= 11 is 0. The lowest BCUT2D eigenvalue weighted by Gasteiger charge is -2.28. The summed E-state index contributed by atoms with van der Waals surface area (Å²) in [5.41, 5.74) is 4.39. The summed E-state index contributed by atoms with van der Waals surface area (Å²) in [6, 6.07) is 17.4. The first-order chi connectivity index (χ1) is 17.1. The largest absolute Gasteiger partial charge is 0.370 e. The van der Waals surface area contributed by atoms with Gasteiger partial charge in [-0.3, -0.25) is 9.59 Å². The molecule has 0 radical (unpaired) electrons. The molecule has 0 unspecified atom stereocenters. The summed E-state index contributed by atoms with van der Waals surface area (Å²) in [4.78, 5) is 33.0. The number of unbranched alkanes of at least 4 members (excludes halogenated alkanes) is 2. The second-order valence-corrected chi connectivity index (χ2v) is 9.36. The van der Waals surface area contributed by atoms with Gasteiger partial charge in [0.1, 0.15) is 0 Å². The maximum absolute atomic E-state index is 13.8. The summed E-state index contributed by atoms with van der Waals surface area (Å²) in [6.07, 6.45) is 4.47. The Morgan fingerprint density at radius 2 is 1.43 bits per heavy atom. The summed E-state index contributed by atoms with van der Waals surface area (Å²) in [7, 11) is 0. The Kier molecular flexibility index (Phi) is 6.33. The zero-order valence-corrected chi connectivity index (χ0v) is 20.9. The third-order valence-corrected chi connectivity index (χ3v) is 7.11. The molecule has 5 nitrogen and oxygen atoms in total. The van der Waals surface area contributed by atoms with E-state index < -0.39 is 0 Å². The number of fused-ring (bicyclic) bond motifs is 4. The van der Waals surface area contributed by atoms with Crippen molar-refractivity contribution in [2.75, 3.05) is 18.0 Å². The molecule has 5 rings (SSSR count). The fourth-order valence-electron chi connectivity index (χ4n) is 5.26. The number of pyridine rings is 2. The molecule has 1 N–H and O–H groups in total. The molecule has 0 atom stereocenters. The van der Waals surface area contributed by atoms with Gasteiger partial charge in [0, 0.05) is 46.7 Å².